The summed E-state index contributed by atoms with van der Waals surface area (Å²) in [7, 11) is 0. The molecule has 0 aliphatic rings. The van der Waals surface area contributed by atoms with Crippen molar-refractivity contribution in [1.29, 1.82) is 0 Å². The van der Waals surface area contributed by atoms with E-state index >= 15 is 0 Å². The van der Waals surface area contributed by atoms with Crippen LogP contribution in [0, 0.1) is 0 Å². The molecule has 0 aliphatic carbocycles. The molecule has 1 rings (SSSR count). The molecule has 0 spiro atoms. The largest absolute Gasteiger partial charge is 0.384 e. The molecular formula is C6H12N4. The fourth-order valence-corrected chi connectivity index (χ4v) is 0.843. The van der Waals surface area contributed by atoms with Crippen molar-refractivity contribution in [3.8, 4) is 0 Å². The Morgan fingerprint density at radius 1 is 1.70 bits per heavy atom. The maximum absolute atomic E-state index is 5.64. The van der Waals surface area contributed by atoms with E-state index in [1.165, 1.54) is 0 Å². The van der Waals surface area contributed by atoms with Gasteiger partial charge in [-0.2, -0.15) is 5.10 Å². The highest BCUT2D eigenvalue weighted by Gasteiger charge is 2.01. The second-order valence-electron chi connectivity index (χ2n) is 2.07. The van der Waals surface area contributed by atoms with Gasteiger partial charge in [0.1, 0.15) is 5.82 Å². The van der Waals surface area contributed by atoms with E-state index in [1.807, 2.05) is 6.92 Å². The van der Waals surface area contributed by atoms with Crippen LogP contribution >= 0.6 is 0 Å². The molecule has 0 saturated heterocycles. The Labute approximate surface area is 59.8 Å². The third-order valence-electron chi connectivity index (χ3n) is 1.48. The summed E-state index contributed by atoms with van der Waals surface area (Å²) < 4.78 is 1.72. The number of aryl methyl sites for hydroxylation is 1. The van der Waals surface area contributed by atoms with Gasteiger partial charge in [-0.3, -0.25) is 4.68 Å². The Hall–Kier alpha value is -1.03. The third kappa shape index (κ3) is 0.974. The zero-order valence-corrected chi connectivity index (χ0v) is 6.04. The molecule has 4 nitrogen and oxygen atoms in total. The average Bonchev–Trinajstić information content (AvgIpc) is 2.30. The highest BCUT2D eigenvalue weighted by atomic mass is 15.3. The fourth-order valence-electron chi connectivity index (χ4n) is 0.843. The number of rotatable bonds is 2. The van der Waals surface area contributed by atoms with Gasteiger partial charge in [-0.25, -0.2) is 0 Å². The number of nitrogen functional groups attached to an aromatic ring is 1. The van der Waals surface area contributed by atoms with Crippen LogP contribution in [0.25, 0.3) is 0 Å². The maximum atomic E-state index is 5.64. The van der Waals surface area contributed by atoms with E-state index < -0.39 is 0 Å². The van der Waals surface area contributed by atoms with Crippen LogP contribution < -0.4 is 11.5 Å². The Kier molecular flexibility index (Phi) is 1.91. The molecule has 0 radical (unpaired) electrons. The quantitative estimate of drug-likeness (QED) is 0.604. The Morgan fingerprint density at radius 3 is 2.70 bits per heavy atom. The summed E-state index contributed by atoms with van der Waals surface area (Å²) in [6.45, 7) is 3.25. The zero-order valence-electron chi connectivity index (χ0n) is 6.04. The second kappa shape index (κ2) is 2.70. The molecule has 10 heavy (non-hydrogen) atoms. The SMILES string of the molecule is CCn1ncc(CN)c1N. The van der Waals surface area contributed by atoms with Crippen molar-refractivity contribution >= 4 is 5.82 Å². The van der Waals surface area contributed by atoms with E-state index in [1.54, 1.807) is 10.9 Å². The van der Waals surface area contributed by atoms with Gasteiger partial charge in [0.2, 0.25) is 0 Å². The van der Waals surface area contributed by atoms with Crippen molar-refractivity contribution in [2.45, 2.75) is 20.0 Å². The van der Waals surface area contributed by atoms with Crippen LogP contribution in [0.4, 0.5) is 5.82 Å². The van der Waals surface area contributed by atoms with Gasteiger partial charge >= 0.3 is 0 Å². The minimum absolute atomic E-state index is 0.464. The van der Waals surface area contributed by atoms with Gasteiger partial charge in [0.25, 0.3) is 0 Å². The number of aromatic nitrogens is 2. The first kappa shape index (κ1) is 7.08. The molecule has 0 aromatic carbocycles. The molecular weight excluding hydrogens is 128 g/mol. The Bertz CT molecular complexity index is 194. The molecule has 0 saturated carbocycles. The van der Waals surface area contributed by atoms with Gasteiger partial charge in [-0.15, -0.1) is 0 Å². The van der Waals surface area contributed by atoms with Crippen LogP contribution in [-0.2, 0) is 13.1 Å². The molecule has 0 unspecified atom stereocenters. The van der Waals surface area contributed by atoms with Gasteiger partial charge in [0.15, 0.2) is 0 Å². The Balaban J connectivity index is 2.97. The van der Waals surface area contributed by atoms with Crippen molar-refractivity contribution in [2.75, 3.05) is 5.73 Å². The number of nitrogens with two attached hydrogens (primary N) is 2. The summed E-state index contributed by atoms with van der Waals surface area (Å²) >= 11 is 0. The third-order valence-corrected chi connectivity index (χ3v) is 1.48. The van der Waals surface area contributed by atoms with Crippen LogP contribution in [0.5, 0.6) is 0 Å². The number of hydrogen-bond acceptors (Lipinski definition) is 3. The van der Waals surface area contributed by atoms with Crippen molar-refractivity contribution in [3.63, 3.8) is 0 Å². The summed E-state index contributed by atoms with van der Waals surface area (Å²) in [5.74, 6) is 0.685. The predicted molar refractivity (Wildman–Crippen MR) is 40.2 cm³/mol. The van der Waals surface area contributed by atoms with Gasteiger partial charge in [-0.1, -0.05) is 0 Å². The van der Waals surface area contributed by atoms with Crippen molar-refractivity contribution in [3.05, 3.63) is 11.8 Å². The van der Waals surface area contributed by atoms with E-state index in [4.69, 9.17) is 11.5 Å². The minimum atomic E-state index is 0.464. The summed E-state index contributed by atoms with van der Waals surface area (Å²) in [6.07, 6.45) is 1.71. The van der Waals surface area contributed by atoms with Crippen molar-refractivity contribution < 1.29 is 0 Å². The summed E-state index contributed by atoms with van der Waals surface area (Å²) in [6, 6.07) is 0. The minimum Gasteiger partial charge on any atom is -0.384 e. The molecule has 0 fully saturated rings. The topological polar surface area (TPSA) is 69.9 Å². The molecule has 1 aromatic heterocycles. The lowest BCUT2D eigenvalue weighted by Gasteiger charge is -1.98. The van der Waals surface area contributed by atoms with Gasteiger partial charge < -0.3 is 11.5 Å². The van der Waals surface area contributed by atoms with E-state index in [0.717, 1.165) is 12.1 Å². The van der Waals surface area contributed by atoms with Crippen molar-refractivity contribution in [2.24, 2.45) is 5.73 Å². The maximum Gasteiger partial charge on any atom is 0.126 e. The fraction of sp³-hybridized carbons (Fsp3) is 0.500. The lowest BCUT2D eigenvalue weighted by molar-refractivity contribution is 0.669. The van der Waals surface area contributed by atoms with E-state index in [2.05, 4.69) is 5.10 Å². The molecule has 0 atom stereocenters. The molecule has 4 heteroatoms. The summed E-state index contributed by atoms with van der Waals surface area (Å²) in [5, 5.41) is 4.02. The molecule has 0 amide bonds. The van der Waals surface area contributed by atoms with Crippen LogP contribution in [0.2, 0.25) is 0 Å². The first-order chi connectivity index (χ1) is 4.79. The van der Waals surface area contributed by atoms with E-state index in [9.17, 15) is 0 Å². The Morgan fingerprint density at radius 2 is 2.40 bits per heavy atom. The number of anilines is 1. The lowest BCUT2D eigenvalue weighted by atomic mass is 10.3. The molecule has 0 aliphatic heterocycles. The van der Waals surface area contributed by atoms with Gasteiger partial charge in [0.05, 0.1) is 6.20 Å². The highest BCUT2D eigenvalue weighted by molar-refractivity contribution is 5.38. The van der Waals surface area contributed by atoms with E-state index in [0.29, 0.717) is 12.4 Å². The molecule has 0 bridgehead atoms. The smallest absolute Gasteiger partial charge is 0.126 e. The molecule has 1 aromatic rings. The first-order valence-corrected chi connectivity index (χ1v) is 3.29. The second-order valence-corrected chi connectivity index (χ2v) is 2.07. The van der Waals surface area contributed by atoms with Gasteiger partial charge in [-0.05, 0) is 6.92 Å². The van der Waals surface area contributed by atoms with Gasteiger partial charge in [0, 0.05) is 18.7 Å². The molecule has 56 valence electrons. The summed E-state index contributed by atoms with van der Waals surface area (Å²) in [5.41, 5.74) is 11.9. The van der Waals surface area contributed by atoms with E-state index in [-0.39, 0.29) is 0 Å². The number of nitrogens with zero attached hydrogens (tertiary/aromatic N) is 2. The van der Waals surface area contributed by atoms with Crippen LogP contribution in [0.1, 0.15) is 12.5 Å². The van der Waals surface area contributed by atoms with Crippen LogP contribution in [0.3, 0.4) is 0 Å². The molecule has 1 heterocycles. The predicted octanol–water partition coefficient (Wildman–Crippen LogP) is -0.0561. The highest BCUT2D eigenvalue weighted by Crippen LogP contribution is 2.08. The first-order valence-electron chi connectivity index (χ1n) is 3.29. The normalized spacial score (nSPS) is 10.2. The zero-order chi connectivity index (χ0) is 7.56. The average molecular weight is 140 g/mol. The summed E-state index contributed by atoms with van der Waals surface area (Å²) in [4.78, 5) is 0. The standard InChI is InChI=1S/C6H12N4/c1-2-10-6(8)5(3-7)4-9-10/h4H,2-3,7-8H2,1H3. The van der Waals surface area contributed by atoms with Crippen LogP contribution in [0.15, 0.2) is 6.20 Å². The number of hydrogen-bond donors (Lipinski definition) is 2. The van der Waals surface area contributed by atoms with Crippen molar-refractivity contribution in [1.82, 2.24) is 9.78 Å². The lowest BCUT2D eigenvalue weighted by Crippen LogP contribution is -2.05. The molecule has 4 N–H and O–H groups in total. The van der Waals surface area contributed by atoms with Crippen LogP contribution in [-0.4, -0.2) is 9.78 Å². The monoisotopic (exact) mass is 140 g/mol.